The van der Waals surface area contributed by atoms with Gasteiger partial charge < -0.3 is 4.74 Å². The van der Waals surface area contributed by atoms with Crippen molar-refractivity contribution >= 4 is 0 Å². The van der Waals surface area contributed by atoms with E-state index in [9.17, 15) is 0 Å². The molecule has 68 valence electrons. The van der Waals surface area contributed by atoms with E-state index >= 15 is 0 Å². The Labute approximate surface area is 74.8 Å². The zero-order valence-electron chi connectivity index (χ0n) is 8.05. The van der Waals surface area contributed by atoms with Gasteiger partial charge in [-0.05, 0) is 38.5 Å². The normalized spacial score (nSPS) is 44.3. The second-order valence-corrected chi connectivity index (χ2v) is 4.48. The summed E-state index contributed by atoms with van der Waals surface area (Å²) in [6, 6.07) is 0. The molecule has 0 amide bonds. The number of ether oxygens (including phenoxy) is 1. The maximum Gasteiger partial charge on any atom is 0.0618 e. The molecule has 3 atom stereocenters. The molecule has 0 N–H and O–H groups in total. The van der Waals surface area contributed by atoms with E-state index in [0.717, 1.165) is 0 Å². The molecular weight excluding hydrogens is 148 g/mol. The molecule has 2 aliphatic rings. The first kappa shape index (κ1) is 8.31. The van der Waals surface area contributed by atoms with Crippen molar-refractivity contribution in [2.75, 3.05) is 0 Å². The summed E-state index contributed by atoms with van der Waals surface area (Å²) in [5, 5.41) is 0. The fourth-order valence-electron chi connectivity index (χ4n) is 2.85. The van der Waals surface area contributed by atoms with Crippen molar-refractivity contribution in [3.63, 3.8) is 0 Å². The van der Waals surface area contributed by atoms with E-state index in [2.05, 4.69) is 26.5 Å². The largest absolute Gasteiger partial charge is 0.375 e. The number of rotatable bonds is 1. The minimum absolute atomic E-state index is 0.383. The predicted molar refractivity (Wildman–Crippen MR) is 50.0 cm³/mol. The van der Waals surface area contributed by atoms with Gasteiger partial charge in [0.1, 0.15) is 0 Å². The van der Waals surface area contributed by atoms with Crippen LogP contribution in [-0.4, -0.2) is 12.2 Å². The Hall–Kier alpha value is -0.300. The van der Waals surface area contributed by atoms with Crippen molar-refractivity contribution in [3.05, 3.63) is 12.7 Å². The topological polar surface area (TPSA) is 9.23 Å². The van der Waals surface area contributed by atoms with Crippen molar-refractivity contribution in [3.8, 4) is 0 Å². The zero-order valence-corrected chi connectivity index (χ0v) is 8.05. The fourth-order valence-corrected chi connectivity index (χ4v) is 2.85. The SMILES string of the molecule is C=C[C@H]1[C@H](C)O[C@H](C)CC12CC2. The molecule has 0 aromatic carbocycles. The molecule has 1 saturated carbocycles. The van der Waals surface area contributed by atoms with Gasteiger partial charge >= 0.3 is 0 Å². The predicted octanol–water partition coefficient (Wildman–Crippen LogP) is 2.77. The van der Waals surface area contributed by atoms with Crippen molar-refractivity contribution in [2.24, 2.45) is 11.3 Å². The van der Waals surface area contributed by atoms with Crippen LogP contribution in [0.3, 0.4) is 0 Å². The minimum Gasteiger partial charge on any atom is -0.375 e. The van der Waals surface area contributed by atoms with Crippen LogP contribution in [0, 0.1) is 11.3 Å². The summed E-state index contributed by atoms with van der Waals surface area (Å²) in [5.41, 5.74) is 0.596. The molecule has 1 saturated heterocycles. The Morgan fingerprint density at radius 2 is 2.08 bits per heavy atom. The Morgan fingerprint density at radius 3 is 2.58 bits per heavy atom. The lowest BCUT2D eigenvalue weighted by Gasteiger charge is -2.38. The molecule has 1 heterocycles. The van der Waals surface area contributed by atoms with Gasteiger partial charge in [0, 0.05) is 5.92 Å². The molecule has 0 unspecified atom stereocenters. The molecule has 0 aromatic heterocycles. The zero-order chi connectivity index (χ0) is 8.77. The standard InChI is InChI=1S/C11H18O/c1-4-10-9(3)12-8(2)7-11(10)5-6-11/h4,8-10H,1,5-7H2,2-3H3/t8-,9+,10+/m1/s1. The Kier molecular flexibility index (Phi) is 1.80. The maximum atomic E-state index is 5.79. The summed E-state index contributed by atoms with van der Waals surface area (Å²) in [6.07, 6.45) is 6.97. The third kappa shape index (κ3) is 1.11. The van der Waals surface area contributed by atoms with Crippen LogP contribution in [0.2, 0.25) is 0 Å². The lowest BCUT2D eigenvalue weighted by molar-refractivity contribution is -0.0861. The second kappa shape index (κ2) is 2.59. The highest BCUT2D eigenvalue weighted by atomic mass is 16.5. The van der Waals surface area contributed by atoms with Gasteiger partial charge in [-0.3, -0.25) is 0 Å². The summed E-state index contributed by atoms with van der Waals surface area (Å²) in [6.45, 7) is 8.29. The molecule has 2 rings (SSSR count). The lowest BCUT2D eigenvalue weighted by atomic mass is 9.79. The van der Waals surface area contributed by atoms with Gasteiger partial charge in [0.05, 0.1) is 12.2 Å². The molecule has 1 spiro atoms. The molecule has 1 aliphatic carbocycles. The van der Waals surface area contributed by atoms with Gasteiger partial charge in [-0.25, -0.2) is 0 Å². The van der Waals surface area contributed by atoms with Crippen molar-refractivity contribution in [2.45, 2.75) is 45.3 Å². The minimum atomic E-state index is 0.383. The summed E-state index contributed by atoms with van der Waals surface area (Å²) >= 11 is 0. The Morgan fingerprint density at radius 1 is 1.42 bits per heavy atom. The van der Waals surface area contributed by atoms with Gasteiger partial charge in [-0.2, -0.15) is 0 Å². The fraction of sp³-hybridized carbons (Fsp3) is 0.818. The second-order valence-electron chi connectivity index (χ2n) is 4.48. The summed E-state index contributed by atoms with van der Waals surface area (Å²) in [7, 11) is 0. The summed E-state index contributed by atoms with van der Waals surface area (Å²) < 4.78 is 5.79. The van der Waals surface area contributed by atoms with Gasteiger partial charge in [0.2, 0.25) is 0 Å². The van der Waals surface area contributed by atoms with E-state index in [1.54, 1.807) is 0 Å². The number of hydrogen-bond acceptors (Lipinski definition) is 1. The monoisotopic (exact) mass is 166 g/mol. The maximum absolute atomic E-state index is 5.79. The third-order valence-corrected chi connectivity index (χ3v) is 3.50. The van der Waals surface area contributed by atoms with E-state index < -0.39 is 0 Å². The van der Waals surface area contributed by atoms with Gasteiger partial charge in [0.15, 0.2) is 0 Å². The molecule has 12 heavy (non-hydrogen) atoms. The Bertz CT molecular complexity index is 193. The third-order valence-electron chi connectivity index (χ3n) is 3.50. The van der Waals surface area contributed by atoms with Crippen LogP contribution in [0.15, 0.2) is 12.7 Å². The Balaban J connectivity index is 2.15. The van der Waals surface area contributed by atoms with E-state index in [1.165, 1.54) is 19.3 Å². The van der Waals surface area contributed by atoms with Crippen molar-refractivity contribution < 1.29 is 4.74 Å². The summed E-state index contributed by atoms with van der Waals surface area (Å²) in [4.78, 5) is 0. The highest BCUT2D eigenvalue weighted by Gasteiger charge is 2.53. The van der Waals surface area contributed by atoms with Crippen LogP contribution in [0.25, 0.3) is 0 Å². The summed E-state index contributed by atoms with van der Waals surface area (Å²) in [5.74, 6) is 0.605. The average molecular weight is 166 g/mol. The van der Waals surface area contributed by atoms with Crippen LogP contribution in [0.4, 0.5) is 0 Å². The van der Waals surface area contributed by atoms with E-state index in [1.807, 2.05) is 0 Å². The van der Waals surface area contributed by atoms with Crippen molar-refractivity contribution in [1.29, 1.82) is 0 Å². The number of hydrogen-bond donors (Lipinski definition) is 0. The first-order valence-electron chi connectivity index (χ1n) is 4.96. The van der Waals surface area contributed by atoms with E-state index in [0.29, 0.717) is 23.5 Å². The molecule has 1 nitrogen and oxygen atoms in total. The van der Waals surface area contributed by atoms with Crippen LogP contribution in [-0.2, 0) is 4.74 Å². The quantitative estimate of drug-likeness (QED) is 0.544. The first-order valence-corrected chi connectivity index (χ1v) is 4.96. The van der Waals surface area contributed by atoms with Crippen LogP contribution < -0.4 is 0 Å². The molecule has 1 heteroatoms. The van der Waals surface area contributed by atoms with E-state index in [4.69, 9.17) is 4.74 Å². The smallest absolute Gasteiger partial charge is 0.0618 e. The van der Waals surface area contributed by atoms with Gasteiger partial charge in [-0.15, -0.1) is 6.58 Å². The molecule has 0 bridgehead atoms. The molecule has 2 fully saturated rings. The molecular formula is C11H18O. The van der Waals surface area contributed by atoms with E-state index in [-0.39, 0.29) is 0 Å². The van der Waals surface area contributed by atoms with Crippen LogP contribution in [0.1, 0.15) is 33.1 Å². The average Bonchev–Trinajstić information content (AvgIpc) is 2.68. The molecule has 0 radical (unpaired) electrons. The highest BCUT2D eigenvalue weighted by molar-refractivity contribution is 5.09. The highest BCUT2D eigenvalue weighted by Crippen LogP contribution is 2.59. The lowest BCUT2D eigenvalue weighted by Crippen LogP contribution is -2.38. The van der Waals surface area contributed by atoms with Crippen LogP contribution in [0.5, 0.6) is 0 Å². The first-order chi connectivity index (χ1) is 5.68. The molecule has 0 aromatic rings. The van der Waals surface area contributed by atoms with Gasteiger partial charge in [0.25, 0.3) is 0 Å². The molecule has 1 aliphatic heterocycles. The van der Waals surface area contributed by atoms with Crippen LogP contribution >= 0.6 is 0 Å². The van der Waals surface area contributed by atoms with Gasteiger partial charge in [-0.1, -0.05) is 6.08 Å². The van der Waals surface area contributed by atoms with Crippen molar-refractivity contribution in [1.82, 2.24) is 0 Å².